The van der Waals surface area contributed by atoms with E-state index in [9.17, 15) is 4.39 Å². The zero-order valence-corrected chi connectivity index (χ0v) is 19.0. The van der Waals surface area contributed by atoms with Crippen LogP contribution in [-0.2, 0) is 33.7 Å². The normalized spacial score (nSPS) is 20.6. The Balaban J connectivity index is 1.48. The van der Waals surface area contributed by atoms with Crippen LogP contribution in [0.3, 0.4) is 0 Å². The summed E-state index contributed by atoms with van der Waals surface area (Å²) in [6.07, 6.45) is 1.62. The topological polar surface area (TPSA) is 54.7 Å². The first kappa shape index (κ1) is 23.2. The van der Waals surface area contributed by atoms with Crippen LogP contribution in [0.2, 0.25) is 0 Å². The lowest BCUT2D eigenvalue weighted by Crippen LogP contribution is -2.39. The molecule has 0 N–H and O–H groups in total. The number of aryl methyl sites for hydroxylation is 1. The minimum absolute atomic E-state index is 0.0113. The minimum Gasteiger partial charge on any atom is -0.462 e. The van der Waals surface area contributed by atoms with Crippen molar-refractivity contribution in [2.24, 2.45) is 7.05 Å². The SMILES string of the molecule is Cn1ccnc1[C@@]1(c2ccc(F)cc2F)OC[C@@H](C(OCc2ccccc2)Oc2ccccc2)O1. The number of para-hydroxylation sites is 1. The van der Waals surface area contributed by atoms with E-state index < -0.39 is 29.8 Å². The highest BCUT2D eigenvalue weighted by molar-refractivity contribution is 5.31. The molecule has 3 aromatic carbocycles. The van der Waals surface area contributed by atoms with Gasteiger partial charge in [-0.25, -0.2) is 13.8 Å². The number of hydrogen-bond acceptors (Lipinski definition) is 5. The zero-order valence-electron chi connectivity index (χ0n) is 19.0. The minimum atomic E-state index is -1.71. The van der Waals surface area contributed by atoms with Crippen molar-refractivity contribution in [3.05, 3.63) is 120 Å². The maximum absolute atomic E-state index is 15.0. The molecule has 0 aliphatic carbocycles. The summed E-state index contributed by atoms with van der Waals surface area (Å²) in [6.45, 7) is 0.286. The number of halogens is 2. The van der Waals surface area contributed by atoms with Crippen molar-refractivity contribution in [3.63, 3.8) is 0 Å². The van der Waals surface area contributed by atoms with Crippen molar-refractivity contribution in [1.82, 2.24) is 9.55 Å². The van der Waals surface area contributed by atoms with E-state index in [0.717, 1.165) is 17.7 Å². The van der Waals surface area contributed by atoms with E-state index in [1.54, 1.807) is 36.1 Å². The molecule has 1 aliphatic heterocycles. The van der Waals surface area contributed by atoms with Crippen molar-refractivity contribution in [2.45, 2.75) is 24.8 Å². The second kappa shape index (κ2) is 9.95. The van der Waals surface area contributed by atoms with E-state index in [-0.39, 0.29) is 18.8 Å². The number of nitrogens with zero attached hydrogens (tertiary/aromatic N) is 2. The Bertz CT molecular complexity index is 1270. The highest BCUT2D eigenvalue weighted by atomic mass is 19.1. The summed E-state index contributed by atoms with van der Waals surface area (Å²) in [4.78, 5) is 4.35. The summed E-state index contributed by atoms with van der Waals surface area (Å²) in [5.74, 6) is -2.33. The molecule has 2 heterocycles. The molecule has 1 aliphatic rings. The quantitative estimate of drug-likeness (QED) is 0.336. The molecule has 1 aromatic heterocycles. The lowest BCUT2D eigenvalue weighted by atomic mass is 10.0. The predicted octanol–water partition coefficient (Wildman–Crippen LogP) is 4.94. The molecule has 4 aromatic rings. The Kier molecular flexibility index (Phi) is 6.59. The van der Waals surface area contributed by atoms with E-state index in [0.29, 0.717) is 11.6 Å². The fraction of sp³-hybridized carbons (Fsp3) is 0.222. The van der Waals surface area contributed by atoms with Crippen LogP contribution in [0, 0.1) is 11.6 Å². The molecule has 0 amide bonds. The number of benzene rings is 3. The Labute approximate surface area is 201 Å². The lowest BCUT2D eigenvalue weighted by Gasteiger charge is -2.30. The van der Waals surface area contributed by atoms with Gasteiger partial charge in [-0.2, -0.15) is 0 Å². The first-order chi connectivity index (χ1) is 17.0. The van der Waals surface area contributed by atoms with Crippen LogP contribution in [-0.4, -0.2) is 28.6 Å². The summed E-state index contributed by atoms with van der Waals surface area (Å²) in [5.41, 5.74) is 0.963. The fourth-order valence-electron chi connectivity index (χ4n) is 4.04. The number of hydrogen-bond donors (Lipinski definition) is 0. The van der Waals surface area contributed by atoms with Crippen LogP contribution < -0.4 is 4.74 Å². The largest absolute Gasteiger partial charge is 0.462 e. The average Bonchev–Trinajstić information content (AvgIpc) is 3.50. The van der Waals surface area contributed by atoms with Gasteiger partial charge in [-0.15, -0.1) is 0 Å². The Morgan fingerprint density at radius 1 is 1.06 bits per heavy atom. The lowest BCUT2D eigenvalue weighted by molar-refractivity contribution is -0.201. The maximum Gasteiger partial charge on any atom is 0.259 e. The van der Waals surface area contributed by atoms with Gasteiger partial charge in [0.15, 0.2) is 5.82 Å². The fourth-order valence-corrected chi connectivity index (χ4v) is 4.04. The van der Waals surface area contributed by atoms with E-state index in [4.69, 9.17) is 18.9 Å². The molecule has 8 heteroatoms. The molecule has 0 spiro atoms. The maximum atomic E-state index is 15.0. The molecule has 0 bridgehead atoms. The van der Waals surface area contributed by atoms with Gasteiger partial charge in [0.1, 0.15) is 23.5 Å². The Hall–Kier alpha value is -3.59. The van der Waals surface area contributed by atoms with Gasteiger partial charge in [0.05, 0.1) is 18.8 Å². The predicted molar refractivity (Wildman–Crippen MR) is 123 cm³/mol. The first-order valence-electron chi connectivity index (χ1n) is 11.2. The number of rotatable bonds is 8. The van der Waals surface area contributed by atoms with Crippen molar-refractivity contribution in [2.75, 3.05) is 6.61 Å². The van der Waals surface area contributed by atoms with E-state index in [1.807, 2.05) is 48.5 Å². The van der Waals surface area contributed by atoms with Crippen molar-refractivity contribution in [1.29, 1.82) is 0 Å². The van der Waals surface area contributed by atoms with Gasteiger partial charge in [-0.3, -0.25) is 0 Å². The molecule has 5 rings (SSSR count). The molecular formula is C27H24F2N2O4. The highest BCUT2D eigenvalue weighted by Gasteiger charge is 2.52. The number of aromatic nitrogens is 2. The van der Waals surface area contributed by atoms with Crippen LogP contribution in [0.4, 0.5) is 8.78 Å². The van der Waals surface area contributed by atoms with Crippen LogP contribution in [0.1, 0.15) is 17.0 Å². The Morgan fingerprint density at radius 2 is 1.80 bits per heavy atom. The summed E-state index contributed by atoms with van der Waals surface area (Å²) >= 11 is 0. The zero-order chi connectivity index (χ0) is 24.3. The van der Waals surface area contributed by atoms with Gasteiger partial charge in [-0.1, -0.05) is 48.5 Å². The van der Waals surface area contributed by atoms with Gasteiger partial charge < -0.3 is 23.5 Å². The van der Waals surface area contributed by atoms with E-state index in [2.05, 4.69) is 4.98 Å². The monoisotopic (exact) mass is 478 g/mol. The first-order valence-corrected chi connectivity index (χ1v) is 11.2. The summed E-state index contributed by atoms with van der Waals surface area (Å²) in [6, 6.07) is 22.1. The van der Waals surface area contributed by atoms with Gasteiger partial charge in [0.25, 0.3) is 5.79 Å². The molecule has 180 valence electrons. The molecule has 0 radical (unpaired) electrons. The average molecular weight is 478 g/mol. The smallest absolute Gasteiger partial charge is 0.259 e. The molecule has 1 saturated heterocycles. The standard InChI is InChI=1S/C27H24F2N2O4/c1-31-15-14-30-26(31)27(22-13-12-20(28)16-23(22)29)33-18-24(35-27)25(34-21-10-6-3-7-11-21)32-17-19-8-4-2-5-9-19/h2-16,24-25H,17-18H2,1H3/t24-,25?,27-/m0/s1. The van der Waals surface area contributed by atoms with Gasteiger partial charge >= 0.3 is 0 Å². The van der Waals surface area contributed by atoms with Gasteiger partial charge in [-0.05, 0) is 29.8 Å². The second-order valence-electron chi connectivity index (χ2n) is 8.17. The highest BCUT2D eigenvalue weighted by Crippen LogP contribution is 2.42. The van der Waals surface area contributed by atoms with Crippen molar-refractivity contribution < 1.29 is 27.7 Å². The van der Waals surface area contributed by atoms with Crippen molar-refractivity contribution in [3.8, 4) is 5.75 Å². The third-order valence-corrected chi connectivity index (χ3v) is 5.73. The van der Waals surface area contributed by atoms with Crippen LogP contribution in [0.5, 0.6) is 5.75 Å². The van der Waals surface area contributed by atoms with E-state index in [1.165, 1.54) is 6.07 Å². The number of ether oxygens (including phenoxy) is 4. The van der Waals surface area contributed by atoms with Crippen LogP contribution in [0.25, 0.3) is 0 Å². The van der Waals surface area contributed by atoms with Gasteiger partial charge in [0, 0.05) is 25.5 Å². The summed E-state index contributed by atoms with van der Waals surface area (Å²) in [5, 5.41) is 0. The summed E-state index contributed by atoms with van der Waals surface area (Å²) < 4.78 is 55.2. The molecule has 1 unspecified atom stereocenters. The Morgan fingerprint density at radius 3 is 2.49 bits per heavy atom. The molecular weight excluding hydrogens is 454 g/mol. The molecule has 35 heavy (non-hydrogen) atoms. The molecule has 6 nitrogen and oxygen atoms in total. The van der Waals surface area contributed by atoms with E-state index >= 15 is 4.39 Å². The van der Waals surface area contributed by atoms with Crippen LogP contribution >= 0.6 is 0 Å². The third kappa shape index (κ3) is 4.81. The molecule has 0 saturated carbocycles. The number of imidazole rings is 1. The molecule has 1 fully saturated rings. The molecule has 3 atom stereocenters. The third-order valence-electron chi connectivity index (χ3n) is 5.73. The van der Waals surface area contributed by atoms with Crippen molar-refractivity contribution >= 4 is 0 Å². The second-order valence-corrected chi connectivity index (χ2v) is 8.17. The summed E-state index contributed by atoms with van der Waals surface area (Å²) in [7, 11) is 1.75. The van der Waals surface area contributed by atoms with Gasteiger partial charge in [0.2, 0.25) is 6.29 Å². The van der Waals surface area contributed by atoms with Crippen LogP contribution in [0.15, 0.2) is 91.3 Å².